The Morgan fingerprint density at radius 3 is 2.44 bits per heavy atom. The van der Waals surface area contributed by atoms with Crippen molar-refractivity contribution < 1.29 is 39.9 Å². The Balaban J connectivity index is 1.62. The molecule has 266 valence electrons. The molecule has 50 heavy (non-hydrogen) atoms. The van der Waals surface area contributed by atoms with Crippen LogP contribution in [0, 0.1) is 27.5 Å². The van der Waals surface area contributed by atoms with E-state index in [0.29, 0.717) is 15.3 Å². The van der Waals surface area contributed by atoms with Gasteiger partial charge in [0.05, 0.1) is 45.6 Å². The topological polar surface area (TPSA) is 122 Å². The summed E-state index contributed by atoms with van der Waals surface area (Å²) in [5, 5.41) is 16.7. The van der Waals surface area contributed by atoms with Crippen LogP contribution in [0.15, 0.2) is 47.7 Å². The molecule has 4 aromatic rings. The zero-order chi connectivity index (χ0) is 36.7. The van der Waals surface area contributed by atoms with Crippen molar-refractivity contribution in [2.45, 2.75) is 57.5 Å². The molecule has 1 aliphatic rings. The van der Waals surface area contributed by atoms with Gasteiger partial charge in [0.2, 0.25) is 5.91 Å². The van der Waals surface area contributed by atoms with Gasteiger partial charge < -0.3 is 16.4 Å². The quantitative estimate of drug-likeness (QED) is 0.0661. The molecule has 1 amide bonds. The minimum absolute atomic E-state index is 0.0654. The SMILES string of the molecule is Cc1nc([C@H](Cc2cc(F)cc(F)c2)NC(=O)CNC2=C(C(=N)C(F)F)CCC2(F)F)c(-c2ccc(Cl)c3c(N)nn(CC(F)F)c23)cc1I. The van der Waals surface area contributed by atoms with E-state index in [9.17, 15) is 39.9 Å². The van der Waals surface area contributed by atoms with Gasteiger partial charge in [-0.25, -0.2) is 26.3 Å². The maximum atomic E-state index is 14.7. The summed E-state index contributed by atoms with van der Waals surface area (Å²) >= 11 is 8.40. The van der Waals surface area contributed by atoms with Gasteiger partial charge in [0.25, 0.3) is 18.8 Å². The second kappa shape index (κ2) is 14.7. The largest absolute Gasteiger partial charge is 0.382 e. The third-order valence-electron chi connectivity index (χ3n) is 8.00. The van der Waals surface area contributed by atoms with Gasteiger partial charge in [-0.05, 0) is 72.2 Å². The van der Waals surface area contributed by atoms with Gasteiger partial charge in [-0.15, -0.1) is 0 Å². The van der Waals surface area contributed by atoms with Crippen molar-refractivity contribution in [2.75, 3.05) is 12.3 Å². The maximum absolute atomic E-state index is 14.7. The number of halogens is 10. The van der Waals surface area contributed by atoms with E-state index in [-0.39, 0.29) is 50.5 Å². The number of fused-ring (bicyclic) bond motifs is 1. The molecule has 0 saturated carbocycles. The smallest absolute Gasteiger partial charge is 0.287 e. The van der Waals surface area contributed by atoms with Crippen LogP contribution in [0.5, 0.6) is 0 Å². The third kappa shape index (κ3) is 7.82. The summed E-state index contributed by atoms with van der Waals surface area (Å²) in [5.41, 5.74) is 4.47. The molecule has 5 N–H and O–H groups in total. The molecule has 5 rings (SSSR count). The number of alkyl halides is 6. The Morgan fingerprint density at radius 2 is 1.80 bits per heavy atom. The van der Waals surface area contributed by atoms with Gasteiger partial charge in [0.15, 0.2) is 5.82 Å². The number of pyridine rings is 1. The normalized spacial score (nSPS) is 15.0. The van der Waals surface area contributed by atoms with E-state index < -0.39 is 85.3 Å². The molecule has 0 saturated heterocycles. The molecule has 0 bridgehead atoms. The molecule has 0 radical (unpaired) electrons. The predicted molar refractivity (Wildman–Crippen MR) is 180 cm³/mol. The van der Waals surface area contributed by atoms with E-state index in [1.165, 1.54) is 12.1 Å². The fraction of sp³-hybridized carbons (Fsp3) is 0.312. The fourth-order valence-electron chi connectivity index (χ4n) is 5.85. The van der Waals surface area contributed by atoms with Crippen LogP contribution >= 0.6 is 34.2 Å². The number of amides is 1. The molecule has 0 aliphatic heterocycles. The number of allylic oxidation sites excluding steroid dienone is 2. The fourth-order valence-corrected chi connectivity index (χ4v) is 6.54. The molecule has 0 spiro atoms. The summed E-state index contributed by atoms with van der Waals surface area (Å²) in [4.78, 5) is 18.1. The number of nitrogens with zero attached hydrogens (tertiary/aromatic N) is 3. The Kier molecular flexibility index (Phi) is 10.9. The van der Waals surface area contributed by atoms with Crippen molar-refractivity contribution in [2.24, 2.45) is 0 Å². The van der Waals surface area contributed by atoms with Crippen molar-refractivity contribution in [3.05, 3.63) is 84.8 Å². The van der Waals surface area contributed by atoms with Crippen molar-refractivity contribution in [1.82, 2.24) is 25.4 Å². The lowest BCUT2D eigenvalue weighted by Gasteiger charge is -2.24. The zero-order valence-corrected chi connectivity index (χ0v) is 28.8. The van der Waals surface area contributed by atoms with E-state index in [1.54, 1.807) is 13.0 Å². The Bertz CT molecular complexity index is 2000. The lowest BCUT2D eigenvalue weighted by atomic mass is 9.93. The molecule has 1 aliphatic carbocycles. The van der Waals surface area contributed by atoms with Crippen LogP contribution in [-0.4, -0.2) is 51.7 Å². The van der Waals surface area contributed by atoms with Crippen LogP contribution in [0.4, 0.5) is 40.9 Å². The molecular weight excluding hydrogens is 813 g/mol. The highest BCUT2D eigenvalue weighted by atomic mass is 127. The van der Waals surface area contributed by atoms with Gasteiger partial charge >= 0.3 is 0 Å². The minimum Gasteiger partial charge on any atom is -0.382 e. The molecule has 2 aromatic carbocycles. The number of carbonyl (C=O) groups excluding carboxylic acids is 1. The summed E-state index contributed by atoms with van der Waals surface area (Å²) in [7, 11) is 0. The van der Waals surface area contributed by atoms with Gasteiger partial charge in [-0.2, -0.15) is 13.9 Å². The minimum atomic E-state index is -3.61. The molecule has 0 unspecified atom stereocenters. The maximum Gasteiger partial charge on any atom is 0.287 e. The summed E-state index contributed by atoms with van der Waals surface area (Å²) in [5.74, 6) is -6.53. The van der Waals surface area contributed by atoms with E-state index in [0.717, 1.165) is 16.8 Å². The molecule has 8 nitrogen and oxygen atoms in total. The number of carbonyl (C=O) groups is 1. The summed E-state index contributed by atoms with van der Waals surface area (Å²) < 4.78 is 113. The van der Waals surface area contributed by atoms with Crippen LogP contribution in [0.1, 0.15) is 35.8 Å². The molecule has 1 atom stereocenters. The van der Waals surface area contributed by atoms with Crippen molar-refractivity contribution in [1.29, 1.82) is 5.41 Å². The number of nitrogens with two attached hydrogens (primary N) is 1. The first kappa shape index (κ1) is 37.3. The van der Waals surface area contributed by atoms with Gasteiger partial charge in [-0.1, -0.05) is 17.7 Å². The predicted octanol–water partition coefficient (Wildman–Crippen LogP) is 7.75. The van der Waals surface area contributed by atoms with Crippen molar-refractivity contribution in [3.63, 3.8) is 0 Å². The second-order valence-electron chi connectivity index (χ2n) is 11.5. The van der Waals surface area contributed by atoms with Crippen LogP contribution in [0.2, 0.25) is 5.02 Å². The molecule has 18 heteroatoms. The number of aromatic nitrogens is 3. The molecular formula is C32H27ClF8IN7O. The average Bonchev–Trinajstić information content (AvgIpc) is 3.50. The molecule has 0 fully saturated rings. The standard InChI is InChI=1S/C32H27ClF8IN7O/c1-13-21(42)10-19(17-2-3-20(33)25-28(17)49(12-23(36)37)48-31(25)44)27(46-13)22(8-14-6-15(34)9-16(35)7-14)47-24(50)11-45-29-18(26(43)30(38)39)4-5-32(29,40)41/h2-3,6-7,9-10,22-23,30,43,45H,4-5,8,11-12H2,1H3,(H2,44,48)(H,47,50)/t22-/m0/s1. The van der Waals surface area contributed by atoms with E-state index in [2.05, 4.69) is 20.7 Å². The van der Waals surface area contributed by atoms with Crippen LogP contribution in [0.25, 0.3) is 22.0 Å². The number of nitrogens with one attached hydrogen (secondary N) is 3. The van der Waals surface area contributed by atoms with Crippen LogP contribution < -0.4 is 16.4 Å². The molecule has 2 heterocycles. The third-order valence-corrected chi connectivity index (χ3v) is 9.41. The first-order valence-electron chi connectivity index (χ1n) is 14.8. The number of rotatable bonds is 12. The lowest BCUT2D eigenvalue weighted by Crippen LogP contribution is -2.40. The first-order valence-corrected chi connectivity index (χ1v) is 16.3. The number of benzene rings is 2. The van der Waals surface area contributed by atoms with E-state index in [1.807, 2.05) is 22.6 Å². The highest BCUT2D eigenvalue weighted by Gasteiger charge is 2.44. The number of anilines is 1. The Morgan fingerprint density at radius 1 is 1.12 bits per heavy atom. The zero-order valence-electron chi connectivity index (χ0n) is 25.8. The van der Waals surface area contributed by atoms with Gasteiger partial charge in [-0.3, -0.25) is 19.9 Å². The Labute approximate surface area is 298 Å². The number of nitrogen functional groups attached to an aromatic ring is 1. The summed E-state index contributed by atoms with van der Waals surface area (Å²) in [6, 6.07) is 6.06. The highest BCUT2D eigenvalue weighted by Crippen LogP contribution is 2.41. The summed E-state index contributed by atoms with van der Waals surface area (Å²) in [6.07, 6.45) is -7.80. The van der Waals surface area contributed by atoms with Crippen molar-refractivity contribution in [3.8, 4) is 11.1 Å². The Hall–Kier alpha value is -4.00. The highest BCUT2D eigenvalue weighted by molar-refractivity contribution is 14.1. The van der Waals surface area contributed by atoms with Crippen LogP contribution in [-0.2, 0) is 17.8 Å². The number of aryl methyl sites for hydroxylation is 1. The number of hydrogen-bond donors (Lipinski definition) is 4. The van der Waals surface area contributed by atoms with Crippen LogP contribution in [0.3, 0.4) is 0 Å². The number of hydrogen-bond acceptors (Lipinski definition) is 6. The second-order valence-corrected chi connectivity index (χ2v) is 13.1. The van der Waals surface area contributed by atoms with E-state index >= 15 is 0 Å². The monoisotopic (exact) mass is 839 g/mol. The lowest BCUT2D eigenvalue weighted by molar-refractivity contribution is -0.121. The summed E-state index contributed by atoms with van der Waals surface area (Å²) in [6.45, 7) is -0.0743. The van der Waals surface area contributed by atoms with Crippen molar-refractivity contribution >= 4 is 62.5 Å². The van der Waals surface area contributed by atoms with Gasteiger partial charge in [0.1, 0.15) is 23.9 Å². The molecule has 2 aromatic heterocycles. The van der Waals surface area contributed by atoms with E-state index in [4.69, 9.17) is 22.7 Å². The van der Waals surface area contributed by atoms with Gasteiger partial charge in [0, 0.05) is 32.8 Å². The first-order chi connectivity index (χ1) is 23.5. The average molecular weight is 840 g/mol.